The number of aryl methyl sites for hydroxylation is 2. The summed E-state index contributed by atoms with van der Waals surface area (Å²) in [6.45, 7) is 0. The molecule has 0 fully saturated rings. The molecule has 0 spiro atoms. The van der Waals surface area contributed by atoms with Crippen molar-refractivity contribution in [3.8, 4) is 0 Å². The Morgan fingerprint density at radius 3 is 2.48 bits per heavy atom. The maximum atomic E-state index is 13.1. The number of carbonyl (C=O) groups is 2. The Labute approximate surface area is 159 Å². The topological polar surface area (TPSA) is 72.5 Å². The second-order valence-corrected chi connectivity index (χ2v) is 8.37. The third-order valence-corrected chi connectivity index (χ3v) is 6.56. The summed E-state index contributed by atoms with van der Waals surface area (Å²) in [5.41, 5.74) is 3.18. The normalized spacial score (nSPS) is 21.4. The van der Waals surface area contributed by atoms with Crippen molar-refractivity contribution in [2.45, 2.75) is 36.5 Å². The average molecular weight is 386 g/mol. The second-order valence-electron chi connectivity index (χ2n) is 6.88. The molecule has 140 valence electrons. The van der Waals surface area contributed by atoms with Crippen LogP contribution in [-0.2, 0) is 33.8 Å². The van der Waals surface area contributed by atoms with E-state index in [9.17, 15) is 18.5 Å². The third-order valence-electron chi connectivity index (χ3n) is 5.15. The molecule has 2 aliphatic rings. The molecule has 7 heteroatoms. The number of nitrogens with one attached hydrogen (secondary N) is 1. The number of halogens is 1. The molecule has 2 aromatic rings. The lowest BCUT2D eigenvalue weighted by atomic mass is 9.86. The van der Waals surface area contributed by atoms with E-state index in [0.717, 1.165) is 41.1 Å². The van der Waals surface area contributed by atoms with Crippen LogP contribution in [0.5, 0.6) is 0 Å². The van der Waals surface area contributed by atoms with Crippen molar-refractivity contribution < 1.29 is 18.5 Å². The number of likely N-dealkylation sites (N-methyl/N-ethyl adjacent to an activating group) is 1. The van der Waals surface area contributed by atoms with Crippen LogP contribution < -0.4 is 5.32 Å². The number of fused-ring (bicyclic) bond motifs is 2. The van der Waals surface area contributed by atoms with E-state index in [1.807, 2.05) is 12.1 Å². The molecule has 2 atom stereocenters. The summed E-state index contributed by atoms with van der Waals surface area (Å²) in [4.78, 5) is 26.2. The van der Waals surface area contributed by atoms with Crippen LogP contribution in [0.4, 0.5) is 10.1 Å². The highest BCUT2D eigenvalue weighted by atomic mass is 32.2. The summed E-state index contributed by atoms with van der Waals surface area (Å²) in [5, 5.41) is 2.67. The van der Waals surface area contributed by atoms with E-state index >= 15 is 0 Å². The summed E-state index contributed by atoms with van der Waals surface area (Å²) in [7, 11) is 1.44. The fraction of sp³-hybridized carbons (Fsp3) is 0.300. The standard InChI is InChI=1S/C20H19FN2O3S/c1-23-20(25)18(19(24)22-15-8-6-14(21)7-9-15)16-10-12-4-2-3-5-13(12)11-17(16)27(23)26/h6-11,18H,2-5H2,1H3,(H,22,24). The van der Waals surface area contributed by atoms with Gasteiger partial charge in [-0.1, -0.05) is 0 Å². The minimum Gasteiger partial charge on any atom is -0.588 e. The molecule has 0 radical (unpaired) electrons. The van der Waals surface area contributed by atoms with E-state index in [2.05, 4.69) is 5.32 Å². The van der Waals surface area contributed by atoms with Crippen molar-refractivity contribution in [3.05, 3.63) is 58.9 Å². The lowest BCUT2D eigenvalue weighted by Crippen LogP contribution is -2.46. The lowest BCUT2D eigenvalue weighted by molar-refractivity contribution is -0.132. The fourth-order valence-corrected chi connectivity index (χ4v) is 4.89. The highest BCUT2D eigenvalue weighted by Crippen LogP contribution is 2.38. The van der Waals surface area contributed by atoms with Gasteiger partial charge in [0.2, 0.25) is 5.91 Å². The van der Waals surface area contributed by atoms with Crippen LogP contribution in [0.15, 0.2) is 41.3 Å². The maximum Gasteiger partial charge on any atom is 0.281 e. The van der Waals surface area contributed by atoms with Crippen molar-refractivity contribution in [1.29, 1.82) is 0 Å². The van der Waals surface area contributed by atoms with Crippen LogP contribution in [0.25, 0.3) is 0 Å². The molecule has 1 aliphatic carbocycles. The Hall–Kier alpha value is -2.38. The first-order chi connectivity index (χ1) is 13.0. The van der Waals surface area contributed by atoms with Gasteiger partial charge in [0.25, 0.3) is 5.91 Å². The van der Waals surface area contributed by atoms with E-state index in [0.29, 0.717) is 16.1 Å². The van der Waals surface area contributed by atoms with Gasteiger partial charge in [-0.25, -0.2) is 4.39 Å². The van der Waals surface area contributed by atoms with E-state index < -0.39 is 34.9 Å². The van der Waals surface area contributed by atoms with Gasteiger partial charge in [-0.05, 0) is 73.2 Å². The molecule has 2 unspecified atom stereocenters. The largest absolute Gasteiger partial charge is 0.588 e. The zero-order valence-electron chi connectivity index (χ0n) is 14.8. The highest BCUT2D eigenvalue weighted by Gasteiger charge is 2.45. The van der Waals surface area contributed by atoms with Crippen molar-refractivity contribution in [2.24, 2.45) is 0 Å². The van der Waals surface area contributed by atoms with Gasteiger partial charge in [-0.2, -0.15) is 4.31 Å². The van der Waals surface area contributed by atoms with Crippen LogP contribution in [0.1, 0.15) is 35.4 Å². The van der Waals surface area contributed by atoms with Gasteiger partial charge in [0, 0.05) is 11.3 Å². The number of hydrogen-bond donors (Lipinski definition) is 1. The summed E-state index contributed by atoms with van der Waals surface area (Å²) in [5.74, 6) is -2.49. The molecule has 5 nitrogen and oxygen atoms in total. The average Bonchev–Trinajstić information content (AvgIpc) is 2.67. The summed E-state index contributed by atoms with van der Waals surface area (Å²) in [6, 6.07) is 9.13. The molecule has 1 aliphatic heterocycles. The SMILES string of the molecule is CN1C(=O)C(C(=O)Nc2ccc(F)cc2)c2cc3c(cc2[S+]1[O-])CCCC3. The van der Waals surface area contributed by atoms with Crippen molar-refractivity contribution in [2.75, 3.05) is 12.4 Å². The Kier molecular flexibility index (Phi) is 4.65. The molecule has 0 saturated heterocycles. The number of benzene rings is 2. The first-order valence-electron chi connectivity index (χ1n) is 8.87. The van der Waals surface area contributed by atoms with Gasteiger partial charge in [0.1, 0.15) is 17.2 Å². The zero-order valence-corrected chi connectivity index (χ0v) is 15.6. The Morgan fingerprint density at radius 1 is 1.19 bits per heavy atom. The quantitative estimate of drug-likeness (QED) is 0.637. The summed E-state index contributed by atoms with van der Waals surface area (Å²) >= 11 is -1.62. The van der Waals surface area contributed by atoms with Gasteiger partial charge in [-0.15, -0.1) is 0 Å². The monoisotopic (exact) mass is 386 g/mol. The fourth-order valence-electron chi connectivity index (χ4n) is 3.70. The zero-order chi connectivity index (χ0) is 19.1. The van der Waals surface area contributed by atoms with Gasteiger partial charge < -0.3 is 9.87 Å². The summed E-state index contributed by atoms with van der Waals surface area (Å²) in [6.07, 6.45) is 3.96. The third kappa shape index (κ3) is 3.21. The molecule has 1 heterocycles. The van der Waals surface area contributed by atoms with E-state index in [1.165, 1.54) is 31.3 Å². The van der Waals surface area contributed by atoms with E-state index in [-0.39, 0.29) is 0 Å². The lowest BCUT2D eigenvalue weighted by Gasteiger charge is -2.32. The first kappa shape index (κ1) is 18.0. The smallest absolute Gasteiger partial charge is 0.281 e. The Morgan fingerprint density at radius 2 is 1.81 bits per heavy atom. The molecule has 27 heavy (non-hydrogen) atoms. The van der Waals surface area contributed by atoms with Gasteiger partial charge in [-0.3, -0.25) is 9.59 Å². The predicted molar refractivity (Wildman–Crippen MR) is 100 cm³/mol. The number of nitrogens with zero attached hydrogens (tertiary/aromatic N) is 1. The van der Waals surface area contributed by atoms with Gasteiger partial charge >= 0.3 is 0 Å². The number of amides is 2. The highest BCUT2D eigenvalue weighted by molar-refractivity contribution is 7.89. The van der Waals surface area contributed by atoms with Crippen LogP contribution in [0.3, 0.4) is 0 Å². The Balaban J connectivity index is 1.73. The molecule has 2 aromatic carbocycles. The molecular formula is C20H19FN2O3S. The Bertz CT molecular complexity index is 916. The minimum absolute atomic E-state index is 0.406. The van der Waals surface area contributed by atoms with Crippen LogP contribution in [0, 0.1) is 5.82 Å². The maximum absolute atomic E-state index is 13.1. The number of hydrogen-bond acceptors (Lipinski definition) is 3. The van der Waals surface area contributed by atoms with Crippen molar-refractivity contribution in [1.82, 2.24) is 4.31 Å². The van der Waals surface area contributed by atoms with Crippen molar-refractivity contribution >= 4 is 28.9 Å². The minimum atomic E-state index is -1.62. The van der Waals surface area contributed by atoms with Crippen LogP contribution in [0.2, 0.25) is 0 Å². The molecule has 0 saturated carbocycles. The second kappa shape index (κ2) is 6.98. The first-order valence-corrected chi connectivity index (χ1v) is 9.98. The molecule has 1 N–H and O–H groups in total. The molecule has 0 aromatic heterocycles. The van der Waals surface area contributed by atoms with Crippen molar-refractivity contribution in [3.63, 3.8) is 0 Å². The van der Waals surface area contributed by atoms with E-state index in [1.54, 1.807) is 0 Å². The number of anilines is 1. The van der Waals surface area contributed by atoms with E-state index in [4.69, 9.17) is 0 Å². The molecule has 4 rings (SSSR count). The van der Waals surface area contributed by atoms with Gasteiger partial charge in [0.05, 0.1) is 7.05 Å². The van der Waals surface area contributed by atoms with Crippen LogP contribution in [-0.4, -0.2) is 27.7 Å². The molecular weight excluding hydrogens is 367 g/mol. The van der Waals surface area contributed by atoms with Gasteiger partial charge in [0.15, 0.2) is 10.8 Å². The summed E-state index contributed by atoms with van der Waals surface area (Å²) < 4.78 is 26.9. The molecule has 0 bridgehead atoms. The number of carbonyl (C=O) groups excluding carboxylic acids is 2. The molecule has 2 amide bonds. The van der Waals surface area contributed by atoms with Crippen LogP contribution >= 0.6 is 0 Å². The number of rotatable bonds is 2. The predicted octanol–water partition coefficient (Wildman–Crippen LogP) is 2.92.